The Labute approximate surface area is 63.6 Å². The van der Waals surface area contributed by atoms with E-state index in [1.807, 2.05) is 0 Å². The van der Waals surface area contributed by atoms with Crippen LogP contribution < -0.4 is 0 Å². The van der Waals surface area contributed by atoms with E-state index < -0.39 is 9.84 Å². The van der Waals surface area contributed by atoms with Crippen LogP contribution in [0.5, 0.6) is 0 Å². The number of hydrogen-bond donors (Lipinski definition) is 0. The number of aromatic nitrogens is 1. The lowest BCUT2D eigenvalue weighted by Crippen LogP contribution is -1.97. The number of nitrogens with zero attached hydrogens (tertiary/aromatic N) is 1. The van der Waals surface area contributed by atoms with Crippen LogP contribution in [0.2, 0.25) is 0 Å². The van der Waals surface area contributed by atoms with Crippen molar-refractivity contribution < 1.29 is 8.42 Å². The zero-order valence-corrected chi connectivity index (χ0v) is 6.95. The van der Waals surface area contributed by atoms with Crippen molar-refractivity contribution in [2.75, 3.05) is 6.26 Å². The van der Waals surface area contributed by atoms with Crippen molar-refractivity contribution in [3.05, 3.63) is 22.3 Å². The molecule has 1 aromatic heterocycles. The molecule has 0 aromatic carbocycles. The summed E-state index contributed by atoms with van der Waals surface area (Å²) in [6.45, 7) is 0. The minimum atomic E-state index is -3.03. The molecule has 0 aliphatic rings. The maximum atomic E-state index is 10.6. The minimum absolute atomic E-state index is 0.507. The molecular formula is C5H6NO2S2. The molecule has 0 spiro atoms. The van der Waals surface area contributed by atoms with Crippen LogP contribution in [0.15, 0.2) is 10.9 Å². The Kier molecular flexibility index (Phi) is 2.05. The highest BCUT2D eigenvalue weighted by Crippen LogP contribution is 2.06. The molecule has 5 heteroatoms. The molecule has 0 atom stereocenters. The molecule has 1 aromatic rings. The van der Waals surface area contributed by atoms with Crippen molar-refractivity contribution >= 4 is 21.2 Å². The molecule has 1 heterocycles. The molecule has 0 saturated heterocycles. The van der Waals surface area contributed by atoms with Crippen molar-refractivity contribution in [2.24, 2.45) is 0 Å². The van der Waals surface area contributed by atoms with Crippen molar-refractivity contribution in [2.45, 2.75) is 0 Å². The summed E-state index contributed by atoms with van der Waals surface area (Å²) in [5.74, 6) is 1.14. The van der Waals surface area contributed by atoms with Gasteiger partial charge in [-0.1, -0.05) is 0 Å². The van der Waals surface area contributed by atoms with Crippen LogP contribution in [0.25, 0.3) is 0 Å². The zero-order chi connectivity index (χ0) is 7.61. The standard InChI is InChI=1S/C5H6NO2S2/c1-10(7,8)3-5-2-9-4-6-5/h2-4H,1H3. The fourth-order valence-corrected chi connectivity index (χ4v) is 1.66. The summed E-state index contributed by atoms with van der Waals surface area (Å²) in [4.78, 5) is 3.79. The average Bonchev–Trinajstić information content (AvgIpc) is 2.12. The molecule has 10 heavy (non-hydrogen) atoms. The SMILES string of the molecule is CS(=O)(=O)[CH]c1cscn1. The van der Waals surface area contributed by atoms with Crippen LogP contribution in [0.1, 0.15) is 5.69 Å². The van der Waals surface area contributed by atoms with E-state index in [0.29, 0.717) is 5.69 Å². The predicted molar refractivity (Wildman–Crippen MR) is 40.4 cm³/mol. The summed E-state index contributed by atoms with van der Waals surface area (Å²) in [6, 6.07) is 0. The van der Waals surface area contributed by atoms with Crippen LogP contribution in [-0.4, -0.2) is 19.7 Å². The summed E-state index contributed by atoms with van der Waals surface area (Å²) >= 11 is 1.37. The minimum Gasteiger partial charge on any atom is -0.248 e. The topological polar surface area (TPSA) is 47.0 Å². The molecule has 1 radical (unpaired) electrons. The van der Waals surface area contributed by atoms with Crippen LogP contribution >= 0.6 is 11.3 Å². The third-order valence-electron chi connectivity index (χ3n) is 0.786. The van der Waals surface area contributed by atoms with Gasteiger partial charge in [0.25, 0.3) is 0 Å². The van der Waals surface area contributed by atoms with Crippen LogP contribution in [0, 0.1) is 5.75 Å². The summed E-state index contributed by atoms with van der Waals surface area (Å²) in [5, 5.41) is 1.68. The molecule has 0 N–H and O–H groups in total. The van der Waals surface area contributed by atoms with Gasteiger partial charge in [0.2, 0.25) is 0 Å². The first-order valence-corrected chi connectivity index (χ1v) is 5.41. The summed E-state index contributed by atoms with van der Waals surface area (Å²) in [6.07, 6.45) is 1.15. The van der Waals surface area contributed by atoms with Gasteiger partial charge in [-0.3, -0.25) is 0 Å². The van der Waals surface area contributed by atoms with E-state index in [0.717, 1.165) is 12.0 Å². The average molecular weight is 176 g/mol. The smallest absolute Gasteiger partial charge is 0.157 e. The Balaban J connectivity index is 2.75. The lowest BCUT2D eigenvalue weighted by Gasteiger charge is -1.89. The second-order valence-electron chi connectivity index (χ2n) is 1.86. The van der Waals surface area contributed by atoms with Crippen LogP contribution in [0.3, 0.4) is 0 Å². The molecule has 0 amide bonds. The van der Waals surface area contributed by atoms with E-state index in [1.54, 1.807) is 10.9 Å². The Morgan fingerprint density at radius 1 is 1.70 bits per heavy atom. The maximum absolute atomic E-state index is 10.6. The second-order valence-corrected chi connectivity index (χ2v) is 4.47. The molecule has 0 unspecified atom stereocenters. The van der Waals surface area contributed by atoms with Gasteiger partial charge in [0.05, 0.1) is 11.2 Å². The third kappa shape index (κ3) is 2.45. The van der Waals surface area contributed by atoms with Gasteiger partial charge in [0.15, 0.2) is 9.84 Å². The second kappa shape index (κ2) is 2.67. The molecule has 0 bridgehead atoms. The predicted octanol–water partition coefficient (Wildman–Crippen LogP) is 0.698. The van der Waals surface area contributed by atoms with Gasteiger partial charge in [0, 0.05) is 11.6 Å². The van der Waals surface area contributed by atoms with Crippen molar-refractivity contribution in [3.63, 3.8) is 0 Å². The maximum Gasteiger partial charge on any atom is 0.157 e. The van der Waals surface area contributed by atoms with Crippen molar-refractivity contribution in [1.29, 1.82) is 0 Å². The first kappa shape index (κ1) is 7.68. The first-order chi connectivity index (χ1) is 4.58. The van der Waals surface area contributed by atoms with E-state index in [1.165, 1.54) is 11.3 Å². The van der Waals surface area contributed by atoms with Crippen LogP contribution in [0.4, 0.5) is 0 Å². The number of sulfone groups is 1. The zero-order valence-electron chi connectivity index (χ0n) is 5.31. The molecular weight excluding hydrogens is 170 g/mol. The summed E-state index contributed by atoms with van der Waals surface area (Å²) in [7, 11) is -3.03. The molecule has 0 aliphatic heterocycles. The highest BCUT2D eigenvalue weighted by Gasteiger charge is 2.05. The normalized spacial score (nSPS) is 11.7. The molecule has 55 valence electrons. The number of hydrogen-bond acceptors (Lipinski definition) is 4. The fourth-order valence-electron chi connectivity index (χ4n) is 0.499. The quantitative estimate of drug-likeness (QED) is 0.666. The fraction of sp³-hybridized carbons (Fsp3) is 0.200. The molecule has 3 nitrogen and oxygen atoms in total. The van der Waals surface area contributed by atoms with E-state index >= 15 is 0 Å². The van der Waals surface area contributed by atoms with Crippen molar-refractivity contribution in [1.82, 2.24) is 4.98 Å². The third-order valence-corrected chi connectivity index (χ3v) is 2.06. The number of rotatable bonds is 2. The first-order valence-electron chi connectivity index (χ1n) is 2.51. The van der Waals surface area contributed by atoms with Gasteiger partial charge in [0.1, 0.15) is 5.75 Å². The molecule has 0 saturated carbocycles. The van der Waals surface area contributed by atoms with Gasteiger partial charge < -0.3 is 0 Å². The molecule has 0 aliphatic carbocycles. The van der Waals surface area contributed by atoms with E-state index in [2.05, 4.69) is 4.98 Å². The molecule has 1 rings (SSSR count). The summed E-state index contributed by atoms with van der Waals surface area (Å²) < 4.78 is 21.2. The van der Waals surface area contributed by atoms with Gasteiger partial charge in [-0.15, -0.1) is 11.3 Å². The van der Waals surface area contributed by atoms with E-state index in [4.69, 9.17) is 0 Å². The Morgan fingerprint density at radius 3 is 2.80 bits per heavy atom. The highest BCUT2D eigenvalue weighted by atomic mass is 32.2. The van der Waals surface area contributed by atoms with Gasteiger partial charge in [-0.2, -0.15) is 0 Å². The van der Waals surface area contributed by atoms with Crippen molar-refractivity contribution in [3.8, 4) is 0 Å². The Bertz CT molecular complexity index is 287. The van der Waals surface area contributed by atoms with Gasteiger partial charge in [-0.05, 0) is 0 Å². The lowest BCUT2D eigenvalue weighted by atomic mass is 10.6. The van der Waals surface area contributed by atoms with Crippen LogP contribution in [-0.2, 0) is 9.84 Å². The number of thiazole rings is 1. The Hall–Kier alpha value is -0.420. The largest absolute Gasteiger partial charge is 0.248 e. The van der Waals surface area contributed by atoms with E-state index in [9.17, 15) is 8.42 Å². The van der Waals surface area contributed by atoms with Gasteiger partial charge >= 0.3 is 0 Å². The molecule has 0 fully saturated rings. The van der Waals surface area contributed by atoms with Gasteiger partial charge in [-0.25, -0.2) is 13.4 Å². The highest BCUT2D eigenvalue weighted by molar-refractivity contribution is 7.92. The Morgan fingerprint density at radius 2 is 2.40 bits per heavy atom. The lowest BCUT2D eigenvalue weighted by molar-refractivity contribution is 0.607. The summed E-state index contributed by atoms with van der Waals surface area (Å²) in [5.41, 5.74) is 2.10. The monoisotopic (exact) mass is 176 g/mol. The van der Waals surface area contributed by atoms with E-state index in [-0.39, 0.29) is 0 Å².